The van der Waals surface area contributed by atoms with Crippen LogP contribution in [0.4, 0.5) is 5.95 Å². The van der Waals surface area contributed by atoms with Gasteiger partial charge in [0.05, 0.1) is 0 Å². The maximum Gasteiger partial charge on any atom is 0.225 e. The van der Waals surface area contributed by atoms with Gasteiger partial charge in [-0.2, -0.15) is 0 Å². The van der Waals surface area contributed by atoms with E-state index in [1.807, 2.05) is 30.3 Å². The highest BCUT2D eigenvalue weighted by molar-refractivity contribution is 7.80. The first-order valence-electron chi connectivity index (χ1n) is 7.51. The van der Waals surface area contributed by atoms with Crippen LogP contribution in [0.25, 0.3) is 0 Å². The van der Waals surface area contributed by atoms with E-state index in [-0.39, 0.29) is 0 Å². The number of nitrogens with zero attached hydrogens (tertiary/aromatic N) is 4. The van der Waals surface area contributed by atoms with E-state index in [0.29, 0.717) is 6.54 Å². The molecule has 0 aliphatic carbocycles. The third-order valence-corrected chi connectivity index (χ3v) is 4.41. The van der Waals surface area contributed by atoms with Crippen LogP contribution in [0.1, 0.15) is 5.56 Å². The minimum absolute atomic E-state index is 0.706. The van der Waals surface area contributed by atoms with Crippen molar-refractivity contribution in [2.45, 2.75) is 6.54 Å². The Balaban J connectivity index is 1.47. The van der Waals surface area contributed by atoms with Gasteiger partial charge < -0.3 is 15.1 Å². The number of hydrogen-bond acceptors (Lipinski definition) is 4. The summed E-state index contributed by atoms with van der Waals surface area (Å²) >= 11 is 11.4. The predicted molar refractivity (Wildman–Crippen MR) is 96.7 cm³/mol. The Morgan fingerprint density at radius 3 is 2.39 bits per heavy atom. The van der Waals surface area contributed by atoms with Crippen LogP contribution in [0.3, 0.4) is 0 Å². The molecular weight excluding hydrogens is 330 g/mol. The summed E-state index contributed by atoms with van der Waals surface area (Å²) < 4.78 is 0. The van der Waals surface area contributed by atoms with E-state index in [0.717, 1.165) is 47.8 Å². The minimum Gasteiger partial charge on any atom is -0.358 e. The molecule has 2 heterocycles. The van der Waals surface area contributed by atoms with Gasteiger partial charge in [-0.05, 0) is 36.0 Å². The maximum atomic E-state index is 5.89. The predicted octanol–water partition coefficient (Wildman–Crippen LogP) is 2.33. The number of aromatic nitrogens is 2. The summed E-state index contributed by atoms with van der Waals surface area (Å²) in [6.07, 6.45) is 3.54. The average Bonchev–Trinajstić information content (AvgIpc) is 2.62. The number of nitrogens with one attached hydrogen (secondary N) is 1. The van der Waals surface area contributed by atoms with Gasteiger partial charge in [-0.1, -0.05) is 23.7 Å². The monoisotopic (exact) mass is 347 g/mol. The quantitative estimate of drug-likeness (QED) is 0.860. The molecule has 1 aliphatic heterocycles. The lowest BCUT2D eigenvalue weighted by molar-refractivity contribution is 0.377. The second kappa shape index (κ2) is 7.57. The molecule has 23 heavy (non-hydrogen) atoms. The first-order chi connectivity index (χ1) is 11.2. The smallest absolute Gasteiger partial charge is 0.225 e. The van der Waals surface area contributed by atoms with Gasteiger partial charge in [0, 0.05) is 50.1 Å². The van der Waals surface area contributed by atoms with Crippen LogP contribution in [0.15, 0.2) is 42.7 Å². The molecular formula is C16H18ClN5S. The molecule has 1 fully saturated rings. The first-order valence-corrected chi connectivity index (χ1v) is 8.30. The third kappa shape index (κ3) is 4.30. The first kappa shape index (κ1) is 16.0. The lowest BCUT2D eigenvalue weighted by Crippen LogP contribution is -2.52. The fraction of sp³-hybridized carbons (Fsp3) is 0.312. The summed E-state index contributed by atoms with van der Waals surface area (Å²) in [6.45, 7) is 4.17. The van der Waals surface area contributed by atoms with E-state index >= 15 is 0 Å². The van der Waals surface area contributed by atoms with Gasteiger partial charge in [0.15, 0.2) is 5.11 Å². The molecule has 0 atom stereocenters. The Morgan fingerprint density at radius 1 is 1.09 bits per heavy atom. The standard InChI is InChI=1S/C16H18ClN5S/c17-14-4-2-13(3-5-14)12-20-16(23)22-10-8-21(9-11-22)15-18-6-1-7-19-15/h1-7H,8-12H2,(H,20,23). The Kier molecular flexibility index (Phi) is 5.25. The maximum absolute atomic E-state index is 5.89. The highest BCUT2D eigenvalue weighted by Gasteiger charge is 2.20. The number of hydrogen-bond donors (Lipinski definition) is 1. The minimum atomic E-state index is 0.706. The second-order valence-electron chi connectivity index (χ2n) is 5.31. The topological polar surface area (TPSA) is 44.3 Å². The molecule has 0 radical (unpaired) electrons. The van der Waals surface area contributed by atoms with Crippen molar-refractivity contribution in [1.29, 1.82) is 0 Å². The van der Waals surface area contributed by atoms with Gasteiger partial charge in [-0.15, -0.1) is 0 Å². The van der Waals surface area contributed by atoms with E-state index in [4.69, 9.17) is 23.8 Å². The van der Waals surface area contributed by atoms with Crippen LogP contribution in [0, 0.1) is 0 Å². The molecule has 1 saturated heterocycles. The van der Waals surface area contributed by atoms with Gasteiger partial charge >= 0.3 is 0 Å². The molecule has 1 aromatic carbocycles. The van der Waals surface area contributed by atoms with Crippen molar-refractivity contribution in [2.24, 2.45) is 0 Å². The molecule has 1 aliphatic rings. The summed E-state index contributed by atoms with van der Waals surface area (Å²) in [7, 11) is 0. The van der Waals surface area contributed by atoms with E-state index in [1.165, 1.54) is 0 Å². The van der Waals surface area contributed by atoms with Crippen LogP contribution in [0.2, 0.25) is 5.02 Å². The Hall–Kier alpha value is -1.92. The van der Waals surface area contributed by atoms with Crippen LogP contribution in [-0.2, 0) is 6.54 Å². The molecule has 1 N–H and O–H groups in total. The van der Waals surface area contributed by atoms with Crippen molar-refractivity contribution in [1.82, 2.24) is 20.2 Å². The van der Waals surface area contributed by atoms with Gasteiger partial charge in [0.2, 0.25) is 5.95 Å². The molecule has 0 spiro atoms. The fourth-order valence-electron chi connectivity index (χ4n) is 2.46. The summed E-state index contributed by atoms with van der Waals surface area (Å²) in [5.74, 6) is 0.784. The Labute approximate surface area is 146 Å². The Morgan fingerprint density at radius 2 is 1.74 bits per heavy atom. The van der Waals surface area contributed by atoms with Crippen molar-refractivity contribution < 1.29 is 0 Å². The van der Waals surface area contributed by atoms with Crippen molar-refractivity contribution in [3.8, 4) is 0 Å². The normalized spacial score (nSPS) is 14.7. The Bertz CT molecular complexity index is 641. The molecule has 2 aromatic rings. The lowest BCUT2D eigenvalue weighted by Gasteiger charge is -2.36. The molecule has 0 unspecified atom stereocenters. The van der Waals surface area contributed by atoms with Crippen molar-refractivity contribution in [3.63, 3.8) is 0 Å². The van der Waals surface area contributed by atoms with Crippen molar-refractivity contribution >= 4 is 34.9 Å². The second-order valence-corrected chi connectivity index (χ2v) is 6.13. The van der Waals surface area contributed by atoms with Gasteiger partial charge in [-0.3, -0.25) is 0 Å². The van der Waals surface area contributed by atoms with Gasteiger partial charge in [0.25, 0.3) is 0 Å². The number of halogens is 1. The van der Waals surface area contributed by atoms with E-state index in [1.54, 1.807) is 12.4 Å². The SMILES string of the molecule is S=C(NCc1ccc(Cl)cc1)N1CCN(c2ncccn2)CC1. The highest BCUT2D eigenvalue weighted by Crippen LogP contribution is 2.11. The zero-order chi connectivity index (χ0) is 16.1. The molecule has 5 nitrogen and oxygen atoms in total. The lowest BCUT2D eigenvalue weighted by atomic mass is 10.2. The largest absolute Gasteiger partial charge is 0.358 e. The summed E-state index contributed by atoms with van der Waals surface area (Å²) in [5.41, 5.74) is 1.16. The van der Waals surface area contributed by atoms with Gasteiger partial charge in [0.1, 0.15) is 0 Å². The number of thiocarbonyl (C=S) groups is 1. The summed E-state index contributed by atoms with van der Waals surface area (Å²) in [4.78, 5) is 12.9. The highest BCUT2D eigenvalue weighted by atomic mass is 35.5. The fourth-order valence-corrected chi connectivity index (χ4v) is 2.84. The molecule has 7 heteroatoms. The van der Waals surface area contributed by atoms with E-state index in [9.17, 15) is 0 Å². The summed E-state index contributed by atoms with van der Waals surface area (Å²) in [6, 6.07) is 9.61. The molecule has 120 valence electrons. The van der Waals surface area contributed by atoms with Crippen LogP contribution in [-0.4, -0.2) is 46.2 Å². The number of rotatable bonds is 3. The van der Waals surface area contributed by atoms with Crippen molar-refractivity contribution in [3.05, 3.63) is 53.3 Å². The number of anilines is 1. The van der Waals surface area contributed by atoms with Crippen molar-refractivity contribution in [2.75, 3.05) is 31.1 Å². The molecule has 0 amide bonds. The van der Waals surface area contributed by atoms with Crippen LogP contribution < -0.4 is 10.2 Å². The number of benzene rings is 1. The van der Waals surface area contributed by atoms with Crippen LogP contribution in [0.5, 0.6) is 0 Å². The third-order valence-electron chi connectivity index (χ3n) is 3.76. The molecule has 0 bridgehead atoms. The molecule has 3 rings (SSSR count). The zero-order valence-electron chi connectivity index (χ0n) is 12.7. The van der Waals surface area contributed by atoms with E-state index in [2.05, 4.69) is 25.1 Å². The molecule has 0 saturated carbocycles. The van der Waals surface area contributed by atoms with E-state index < -0.39 is 0 Å². The average molecular weight is 348 g/mol. The van der Waals surface area contributed by atoms with Crippen LogP contribution >= 0.6 is 23.8 Å². The number of piperazine rings is 1. The molecule has 1 aromatic heterocycles. The summed E-state index contributed by atoms with van der Waals surface area (Å²) in [5, 5.41) is 4.84. The van der Waals surface area contributed by atoms with Gasteiger partial charge in [-0.25, -0.2) is 9.97 Å². The zero-order valence-corrected chi connectivity index (χ0v) is 14.2.